The molecule has 2 aromatic rings. The number of nitrogens with one attached hydrogen (secondary N) is 1. The average molecular weight is 181 g/mol. The Bertz CT molecular complexity index is 485. The molecule has 5 heteroatoms. The lowest BCUT2D eigenvalue weighted by Crippen LogP contribution is -2.00. The second-order valence-corrected chi connectivity index (χ2v) is 3.21. The zero-order chi connectivity index (χ0) is 8.72. The zero-order valence-electron chi connectivity index (χ0n) is 6.53. The third kappa shape index (κ3) is 0.959. The molecule has 4 nitrogen and oxygen atoms in total. The van der Waals surface area contributed by atoms with Gasteiger partial charge in [-0.05, 0) is 27.9 Å². The highest BCUT2D eigenvalue weighted by Gasteiger charge is 2.03. The van der Waals surface area contributed by atoms with Gasteiger partial charge in [-0.1, -0.05) is 0 Å². The van der Waals surface area contributed by atoms with Crippen LogP contribution >= 0.6 is 9.39 Å². The second kappa shape index (κ2) is 2.42. The Kier molecular flexibility index (Phi) is 1.51. The third-order valence-corrected chi connectivity index (χ3v) is 2.11. The van der Waals surface area contributed by atoms with Crippen molar-refractivity contribution in [2.75, 3.05) is 0 Å². The summed E-state index contributed by atoms with van der Waals surface area (Å²) < 4.78 is 1.59. The van der Waals surface area contributed by atoms with Crippen molar-refractivity contribution in [1.82, 2.24) is 14.5 Å². The number of H-pyrrole nitrogens is 1. The highest BCUT2D eigenvalue weighted by Crippen LogP contribution is 2.10. The van der Waals surface area contributed by atoms with E-state index in [4.69, 9.17) is 0 Å². The molecule has 0 bridgehead atoms. The van der Waals surface area contributed by atoms with Gasteiger partial charge in [0.05, 0.1) is 5.52 Å². The number of fused-ring (bicyclic) bond motifs is 1. The molecule has 0 saturated heterocycles. The maximum Gasteiger partial charge on any atom is 0.290 e. The van der Waals surface area contributed by atoms with Gasteiger partial charge in [-0.2, -0.15) is 0 Å². The van der Waals surface area contributed by atoms with E-state index in [0.717, 1.165) is 11.1 Å². The molecule has 2 rings (SSSR count). The van der Waals surface area contributed by atoms with Crippen LogP contribution in [0.15, 0.2) is 17.1 Å². The van der Waals surface area contributed by atoms with Crippen molar-refractivity contribution < 1.29 is 0 Å². The van der Waals surface area contributed by atoms with E-state index in [1.807, 2.05) is 13.0 Å². The number of hydrogen-bond donors (Lipinski definition) is 1. The zero-order valence-corrected chi connectivity index (χ0v) is 7.69. The molecular weight excluding hydrogens is 173 g/mol. The van der Waals surface area contributed by atoms with Crippen LogP contribution in [0.25, 0.3) is 11.0 Å². The Hall–Kier alpha value is -1.15. The van der Waals surface area contributed by atoms with Gasteiger partial charge in [-0.25, -0.2) is 4.98 Å². The summed E-state index contributed by atoms with van der Waals surface area (Å²) in [5, 5.41) is 2.60. The minimum absolute atomic E-state index is 0.153. The topological polar surface area (TPSA) is 50.7 Å². The molecular formula is C7H8N3OP. The first-order valence-corrected chi connectivity index (χ1v) is 4.02. The van der Waals surface area contributed by atoms with E-state index >= 15 is 0 Å². The summed E-state index contributed by atoms with van der Waals surface area (Å²) in [4.78, 5) is 15.2. The molecule has 0 radical (unpaired) electrons. The van der Waals surface area contributed by atoms with Crippen molar-refractivity contribution in [2.45, 2.75) is 6.92 Å². The van der Waals surface area contributed by atoms with Crippen molar-refractivity contribution in [2.24, 2.45) is 0 Å². The van der Waals surface area contributed by atoms with Gasteiger partial charge in [-0.15, -0.1) is 0 Å². The summed E-state index contributed by atoms with van der Waals surface area (Å²) in [5.41, 5.74) is 2.18. The van der Waals surface area contributed by atoms with Gasteiger partial charge in [0.1, 0.15) is 0 Å². The average Bonchev–Trinajstić information content (AvgIpc) is 2.28. The maximum absolute atomic E-state index is 11.2. The summed E-state index contributed by atoms with van der Waals surface area (Å²) in [6.45, 7) is 1.94. The quantitative estimate of drug-likeness (QED) is 0.607. The van der Waals surface area contributed by atoms with Crippen LogP contribution in [-0.2, 0) is 0 Å². The van der Waals surface area contributed by atoms with Crippen LogP contribution in [0.3, 0.4) is 0 Å². The molecule has 0 amide bonds. The fourth-order valence-electron chi connectivity index (χ4n) is 1.13. The van der Waals surface area contributed by atoms with Crippen LogP contribution in [0.4, 0.5) is 0 Å². The monoisotopic (exact) mass is 181 g/mol. The molecule has 0 saturated carbocycles. The fraction of sp³-hybridized carbons (Fsp3) is 0.143. The van der Waals surface area contributed by atoms with Crippen LogP contribution in [0.1, 0.15) is 5.56 Å². The van der Waals surface area contributed by atoms with Crippen molar-refractivity contribution in [3.8, 4) is 0 Å². The molecule has 1 N–H and O–H groups in total. The van der Waals surface area contributed by atoms with Gasteiger partial charge in [-0.3, -0.25) is 14.3 Å². The number of hydrogen-bond acceptors (Lipinski definition) is 2. The molecule has 0 aliphatic heterocycles. The molecule has 0 aliphatic rings. The first-order chi connectivity index (χ1) is 5.68. The number of aromatic amines is 1. The van der Waals surface area contributed by atoms with Crippen LogP contribution in [0, 0.1) is 6.92 Å². The summed E-state index contributed by atoms with van der Waals surface area (Å²) >= 11 is 0. The smallest absolute Gasteiger partial charge is 0.269 e. The minimum atomic E-state index is -0.153. The van der Waals surface area contributed by atoms with E-state index in [1.54, 1.807) is 10.6 Å². The Morgan fingerprint density at radius 1 is 1.67 bits per heavy atom. The third-order valence-electron chi connectivity index (χ3n) is 1.70. The number of pyridine rings is 1. The Morgan fingerprint density at radius 2 is 2.42 bits per heavy atom. The highest BCUT2D eigenvalue weighted by atomic mass is 31.0. The number of nitrogens with zero attached hydrogens (tertiary/aromatic N) is 2. The molecule has 0 fully saturated rings. The molecule has 1 atom stereocenters. The van der Waals surface area contributed by atoms with Gasteiger partial charge >= 0.3 is 0 Å². The SMILES string of the molecule is Cc1cnc2c(=O)[nH]n(P)c2c1. The Morgan fingerprint density at radius 3 is 3.17 bits per heavy atom. The largest absolute Gasteiger partial charge is 0.290 e. The maximum atomic E-state index is 11.2. The first-order valence-electron chi connectivity index (χ1n) is 3.51. The molecule has 12 heavy (non-hydrogen) atoms. The number of aryl methyl sites for hydroxylation is 1. The lowest BCUT2D eigenvalue weighted by Gasteiger charge is -1.93. The van der Waals surface area contributed by atoms with E-state index in [9.17, 15) is 4.79 Å². The standard InChI is InChI=1S/C7H8N3OP/c1-4-2-5-6(8-3-4)7(11)9-10(5)12/h2-3H,12H2,1H3,(H,9,11). The van der Waals surface area contributed by atoms with Gasteiger partial charge in [0.15, 0.2) is 5.52 Å². The van der Waals surface area contributed by atoms with Gasteiger partial charge < -0.3 is 0 Å². The molecule has 0 aliphatic carbocycles. The summed E-state index contributed by atoms with van der Waals surface area (Å²) in [7, 11) is 2.41. The van der Waals surface area contributed by atoms with Crippen LogP contribution < -0.4 is 5.56 Å². The minimum Gasteiger partial charge on any atom is -0.269 e. The second-order valence-electron chi connectivity index (χ2n) is 2.69. The number of rotatable bonds is 0. The Balaban J connectivity index is 3.00. The van der Waals surface area contributed by atoms with E-state index in [2.05, 4.69) is 19.5 Å². The van der Waals surface area contributed by atoms with Crippen molar-refractivity contribution >= 4 is 20.4 Å². The summed E-state index contributed by atoms with van der Waals surface area (Å²) in [5.74, 6) is 0. The summed E-state index contributed by atoms with van der Waals surface area (Å²) in [6.07, 6.45) is 1.68. The fourth-order valence-corrected chi connectivity index (χ4v) is 1.45. The molecule has 2 aromatic heterocycles. The van der Waals surface area contributed by atoms with Crippen LogP contribution in [0.2, 0.25) is 0 Å². The van der Waals surface area contributed by atoms with E-state index in [-0.39, 0.29) is 5.56 Å². The van der Waals surface area contributed by atoms with Gasteiger partial charge in [0.2, 0.25) is 0 Å². The van der Waals surface area contributed by atoms with Crippen LogP contribution in [-0.4, -0.2) is 14.5 Å². The van der Waals surface area contributed by atoms with E-state index in [1.165, 1.54) is 0 Å². The van der Waals surface area contributed by atoms with E-state index < -0.39 is 0 Å². The highest BCUT2D eigenvalue weighted by molar-refractivity contribution is 7.14. The Labute approximate surface area is 70.9 Å². The normalized spacial score (nSPS) is 10.8. The molecule has 0 spiro atoms. The summed E-state index contributed by atoms with van der Waals surface area (Å²) in [6, 6.07) is 1.91. The first kappa shape index (κ1) is 7.50. The molecule has 62 valence electrons. The number of aromatic nitrogens is 3. The molecule has 2 heterocycles. The predicted octanol–water partition coefficient (Wildman–Crippen LogP) is 0.671. The van der Waals surface area contributed by atoms with E-state index in [0.29, 0.717) is 5.52 Å². The lowest BCUT2D eigenvalue weighted by molar-refractivity contribution is 1.01. The molecule has 0 aromatic carbocycles. The van der Waals surface area contributed by atoms with Crippen molar-refractivity contribution in [3.63, 3.8) is 0 Å². The van der Waals surface area contributed by atoms with Crippen LogP contribution in [0.5, 0.6) is 0 Å². The molecule has 1 unspecified atom stereocenters. The predicted molar refractivity (Wildman–Crippen MR) is 50.2 cm³/mol. The van der Waals surface area contributed by atoms with Crippen molar-refractivity contribution in [3.05, 3.63) is 28.2 Å². The van der Waals surface area contributed by atoms with Crippen molar-refractivity contribution in [1.29, 1.82) is 0 Å². The lowest BCUT2D eigenvalue weighted by atomic mass is 10.3. The van der Waals surface area contributed by atoms with Gasteiger partial charge in [0, 0.05) is 6.20 Å². The van der Waals surface area contributed by atoms with Gasteiger partial charge in [0.25, 0.3) is 5.56 Å².